The molecule has 1 N–H and O–H groups in total. The molecule has 0 spiro atoms. The Morgan fingerprint density at radius 1 is 0.431 bits per heavy atom. The van der Waals surface area contributed by atoms with Crippen LogP contribution in [0.25, 0.3) is 0 Å². The Labute approximate surface area is 356 Å². The summed E-state index contributed by atoms with van der Waals surface area (Å²) in [7, 11) is 1.77. The smallest absolute Gasteiger partial charge is 0.306 e. The predicted octanol–water partition coefficient (Wildman–Crippen LogP) is 11.8. The summed E-state index contributed by atoms with van der Waals surface area (Å²) < 4.78 is 22.9. The zero-order valence-electron chi connectivity index (χ0n) is 38.3. The summed E-state index contributed by atoms with van der Waals surface area (Å²) >= 11 is 0. The van der Waals surface area contributed by atoms with Crippen LogP contribution in [0.15, 0.2) is 0 Å². The molecule has 0 amide bonds. The molecule has 0 rings (SSSR count). The second-order valence-corrected chi connectivity index (χ2v) is 16.7. The molecular formula is C48H91NO9. The quantitative estimate of drug-likeness (QED) is 0.0360. The molecule has 10 nitrogen and oxygen atoms in total. The van der Waals surface area contributed by atoms with Crippen LogP contribution in [0.2, 0.25) is 0 Å². The minimum absolute atomic E-state index is 0.0714. The molecule has 0 saturated heterocycles. The molecule has 1 atom stereocenters. The van der Waals surface area contributed by atoms with Crippen molar-refractivity contribution in [1.29, 1.82) is 0 Å². The maximum absolute atomic E-state index is 12.9. The monoisotopic (exact) mass is 826 g/mol. The fourth-order valence-electron chi connectivity index (χ4n) is 7.27. The van der Waals surface area contributed by atoms with Gasteiger partial charge in [0.1, 0.15) is 24.9 Å². The second kappa shape index (κ2) is 41.5. The van der Waals surface area contributed by atoms with Crippen LogP contribution < -0.4 is 0 Å². The third-order valence-electron chi connectivity index (χ3n) is 10.9. The van der Waals surface area contributed by atoms with Gasteiger partial charge in [0.15, 0.2) is 0 Å². The molecule has 0 aromatic rings. The van der Waals surface area contributed by atoms with E-state index >= 15 is 0 Å². The van der Waals surface area contributed by atoms with Gasteiger partial charge < -0.3 is 29.0 Å². The number of unbranched alkanes of at least 4 members (excludes halogenated alkanes) is 20. The van der Waals surface area contributed by atoms with Crippen LogP contribution in [0.3, 0.4) is 0 Å². The Kier molecular flexibility index (Phi) is 40.0. The molecule has 0 aromatic carbocycles. The largest absolute Gasteiger partial charge is 0.462 e. The van der Waals surface area contributed by atoms with E-state index in [-0.39, 0.29) is 57.6 Å². The first-order chi connectivity index (χ1) is 28.2. The van der Waals surface area contributed by atoms with Crippen molar-refractivity contribution in [3.63, 3.8) is 0 Å². The maximum Gasteiger partial charge on any atom is 0.306 e. The van der Waals surface area contributed by atoms with E-state index in [1.807, 2.05) is 0 Å². The van der Waals surface area contributed by atoms with Crippen LogP contribution >= 0.6 is 0 Å². The summed E-state index contributed by atoms with van der Waals surface area (Å²) in [5.41, 5.74) is 0. The zero-order chi connectivity index (χ0) is 42.9. The number of likely N-dealkylation sites (N-methyl/N-ethyl adjacent to an activating group) is 1. The third kappa shape index (κ3) is 36.8. The number of ether oxygens (including phenoxy) is 4. The maximum atomic E-state index is 12.9. The normalized spacial score (nSPS) is 12.0. The Hall–Kier alpha value is -2.20. The molecule has 0 aliphatic rings. The zero-order valence-corrected chi connectivity index (χ0v) is 38.3. The van der Waals surface area contributed by atoms with Crippen LogP contribution in [0, 0.1) is 0 Å². The van der Waals surface area contributed by atoms with E-state index in [2.05, 4.69) is 27.7 Å². The minimum atomic E-state index is -0.803. The SMILES string of the molecule is CCCCCCCCC(CCCCCCCC)OC(=O)CCC(=O)OCC(CN(C)CCO)OC(=O)CCC(=O)OC(CCCCCCCC)CCCCCCCC. The van der Waals surface area contributed by atoms with E-state index in [0.29, 0.717) is 6.54 Å². The lowest BCUT2D eigenvalue weighted by molar-refractivity contribution is -0.163. The van der Waals surface area contributed by atoms with Crippen LogP contribution in [0.1, 0.15) is 233 Å². The lowest BCUT2D eigenvalue weighted by Crippen LogP contribution is -2.37. The fourth-order valence-corrected chi connectivity index (χ4v) is 7.27. The number of hydrogen-bond acceptors (Lipinski definition) is 10. The van der Waals surface area contributed by atoms with Gasteiger partial charge in [0.2, 0.25) is 0 Å². The molecule has 58 heavy (non-hydrogen) atoms. The van der Waals surface area contributed by atoms with Gasteiger partial charge in [0.25, 0.3) is 0 Å². The Morgan fingerprint density at radius 3 is 1.05 bits per heavy atom. The van der Waals surface area contributed by atoms with Crippen molar-refractivity contribution < 1.29 is 43.2 Å². The van der Waals surface area contributed by atoms with E-state index in [1.165, 1.54) is 103 Å². The average Bonchev–Trinajstić information content (AvgIpc) is 3.20. The summed E-state index contributed by atoms with van der Waals surface area (Å²) in [6, 6.07) is 0. The standard InChI is InChI=1S/C48H91NO9/c1-6-10-14-18-22-26-30-42(31-27-23-19-15-11-7-2)56-46(52)35-34-45(51)55-41-44(40-49(5)38-39-50)58-48(54)37-36-47(53)57-43(32-28-24-20-16-12-8-3)33-29-25-21-17-13-9-4/h42-44,50H,6-41H2,1-5H3. The topological polar surface area (TPSA) is 129 Å². The molecule has 0 aromatic heterocycles. The van der Waals surface area contributed by atoms with Gasteiger partial charge in [0, 0.05) is 13.1 Å². The first kappa shape index (κ1) is 55.8. The van der Waals surface area contributed by atoms with E-state index in [4.69, 9.17) is 18.9 Å². The molecule has 0 saturated carbocycles. The predicted molar refractivity (Wildman–Crippen MR) is 236 cm³/mol. The highest BCUT2D eigenvalue weighted by Gasteiger charge is 2.22. The van der Waals surface area contributed by atoms with Gasteiger partial charge in [-0.3, -0.25) is 19.2 Å². The van der Waals surface area contributed by atoms with E-state index in [1.54, 1.807) is 11.9 Å². The second-order valence-electron chi connectivity index (χ2n) is 16.7. The molecule has 0 bridgehead atoms. The van der Waals surface area contributed by atoms with Gasteiger partial charge in [-0.05, 0) is 58.4 Å². The van der Waals surface area contributed by atoms with Crippen molar-refractivity contribution in [2.75, 3.05) is 33.4 Å². The highest BCUT2D eigenvalue weighted by Crippen LogP contribution is 2.20. The number of rotatable bonds is 43. The molecular weight excluding hydrogens is 735 g/mol. The molecule has 0 aliphatic carbocycles. The van der Waals surface area contributed by atoms with Crippen molar-refractivity contribution in [2.45, 2.75) is 251 Å². The first-order valence-corrected chi connectivity index (χ1v) is 24.2. The van der Waals surface area contributed by atoms with Crippen LogP contribution in [-0.4, -0.2) is 85.5 Å². The molecule has 0 radical (unpaired) electrons. The molecule has 0 fully saturated rings. The van der Waals surface area contributed by atoms with E-state index < -0.39 is 30.0 Å². The molecule has 342 valence electrons. The molecule has 0 heterocycles. The number of carbonyl (C=O) groups excluding carboxylic acids is 4. The Morgan fingerprint density at radius 2 is 0.724 bits per heavy atom. The van der Waals surface area contributed by atoms with Crippen molar-refractivity contribution in [2.24, 2.45) is 0 Å². The fraction of sp³-hybridized carbons (Fsp3) is 0.917. The van der Waals surface area contributed by atoms with E-state index in [9.17, 15) is 24.3 Å². The average molecular weight is 826 g/mol. The van der Waals surface area contributed by atoms with Gasteiger partial charge in [0.05, 0.1) is 32.3 Å². The van der Waals surface area contributed by atoms with Crippen molar-refractivity contribution >= 4 is 23.9 Å². The number of carbonyl (C=O) groups is 4. The van der Waals surface area contributed by atoms with Crippen molar-refractivity contribution in [1.82, 2.24) is 4.90 Å². The van der Waals surface area contributed by atoms with Gasteiger partial charge >= 0.3 is 23.9 Å². The van der Waals surface area contributed by atoms with E-state index in [0.717, 1.165) is 77.0 Å². The number of nitrogens with zero attached hydrogens (tertiary/aromatic N) is 1. The third-order valence-corrected chi connectivity index (χ3v) is 10.9. The summed E-state index contributed by atoms with van der Waals surface area (Å²) in [6.07, 6.45) is 30.2. The van der Waals surface area contributed by atoms with Crippen LogP contribution in [-0.2, 0) is 38.1 Å². The lowest BCUT2D eigenvalue weighted by atomic mass is 10.0. The number of esters is 4. The summed E-state index contributed by atoms with van der Waals surface area (Å²) in [4.78, 5) is 53.2. The van der Waals surface area contributed by atoms with Crippen molar-refractivity contribution in [3.05, 3.63) is 0 Å². The summed E-state index contributed by atoms with van der Waals surface area (Å²) in [5.74, 6) is -1.94. The Bertz CT molecular complexity index is 945. The minimum Gasteiger partial charge on any atom is -0.462 e. The van der Waals surface area contributed by atoms with Crippen LogP contribution in [0.4, 0.5) is 0 Å². The Balaban J connectivity index is 4.99. The van der Waals surface area contributed by atoms with Gasteiger partial charge in [-0.25, -0.2) is 0 Å². The van der Waals surface area contributed by atoms with Crippen LogP contribution in [0.5, 0.6) is 0 Å². The molecule has 0 aliphatic heterocycles. The van der Waals surface area contributed by atoms with Gasteiger partial charge in [-0.1, -0.05) is 156 Å². The lowest BCUT2D eigenvalue weighted by Gasteiger charge is -2.23. The number of aliphatic hydroxyl groups excluding tert-OH is 1. The summed E-state index contributed by atoms with van der Waals surface area (Å²) in [5, 5.41) is 9.41. The van der Waals surface area contributed by atoms with Gasteiger partial charge in [-0.2, -0.15) is 0 Å². The number of hydrogen-bond donors (Lipinski definition) is 1. The molecule has 1 unspecified atom stereocenters. The van der Waals surface area contributed by atoms with Gasteiger partial charge in [-0.15, -0.1) is 0 Å². The highest BCUT2D eigenvalue weighted by atomic mass is 16.6. The highest BCUT2D eigenvalue weighted by molar-refractivity contribution is 5.78. The first-order valence-electron chi connectivity index (χ1n) is 24.2. The summed E-state index contributed by atoms with van der Waals surface area (Å²) in [6.45, 7) is 9.14. The van der Waals surface area contributed by atoms with Crippen molar-refractivity contribution in [3.8, 4) is 0 Å². The number of aliphatic hydroxyl groups is 1. The molecule has 10 heteroatoms.